The molecular weight excluding hydrogens is 169 g/mol. The monoisotopic (exact) mass is 176 g/mol. The van der Waals surface area contributed by atoms with Crippen LogP contribution in [0.5, 0.6) is 0 Å². The molecule has 0 radical (unpaired) electrons. The Bertz CT molecular complexity index is 147. The summed E-state index contributed by atoms with van der Waals surface area (Å²) >= 11 is 0. The highest BCUT2D eigenvalue weighted by molar-refractivity contribution is 8.14. The van der Waals surface area contributed by atoms with Crippen molar-refractivity contribution in [3.63, 3.8) is 0 Å². The summed E-state index contributed by atoms with van der Waals surface area (Å²) in [6.45, 7) is 0. The quantitative estimate of drug-likeness (QED) is 0.346. The molecule has 0 aliphatic heterocycles. The van der Waals surface area contributed by atoms with Crippen LogP contribution < -0.4 is 0 Å². The summed E-state index contributed by atoms with van der Waals surface area (Å²) in [5, 5.41) is 6.54. The number of hydrogen-bond donors (Lipinski definition) is 1. The van der Waals surface area contributed by atoms with E-state index in [1.54, 1.807) is 0 Å². The van der Waals surface area contributed by atoms with Gasteiger partial charge >= 0.3 is 6.18 Å². The molecule has 0 saturated carbocycles. The highest BCUT2D eigenvalue weighted by Crippen LogP contribution is 2.23. The van der Waals surface area contributed by atoms with Crippen molar-refractivity contribution in [1.82, 2.24) is 0 Å². The molecule has 0 fully saturated rings. The van der Waals surface area contributed by atoms with Crippen molar-refractivity contribution in [3.8, 4) is 0 Å². The van der Waals surface area contributed by atoms with Gasteiger partial charge in [0, 0.05) is 0 Å². The van der Waals surface area contributed by atoms with Gasteiger partial charge in [-0.15, -0.1) is 0 Å². The Morgan fingerprint density at radius 2 is 1.80 bits per heavy atom. The van der Waals surface area contributed by atoms with E-state index in [4.69, 9.17) is 5.26 Å². The topological polar surface area (TPSA) is 29.5 Å². The van der Waals surface area contributed by atoms with Crippen molar-refractivity contribution in [2.75, 3.05) is 12.5 Å². The Hall–Kier alpha value is -0.0700. The van der Waals surface area contributed by atoms with Crippen molar-refractivity contribution in [3.05, 3.63) is 0 Å². The second-order valence-corrected chi connectivity index (χ2v) is 3.70. The molecular formula is C4H7F3O2S. The van der Waals surface area contributed by atoms with Crippen LogP contribution >= 0.6 is 10.5 Å². The molecule has 0 saturated heterocycles. The van der Waals surface area contributed by atoms with E-state index in [-0.39, 0.29) is 0 Å². The number of hydrogen-bond acceptors (Lipinski definition) is 2. The van der Waals surface area contributed by atoms with Crippen LogP contribution in [0.4, 0.5) is 13.2 Å². The molecule has 0 aliphatic carbocycles. The standard InChI is InChI=1S/C4H7F3O2S/c1-10(2)3(9-8)4(5,6)7/h8H,1-2H3. The largest absolute Gasteiger partial charge is 0.446 e. The van der Waals surface area contributed by atoms with E-state index in [9.17, 15) is 13.2 Å². The maximum atomic E-state index is 11.7. The molecule has 0 spiro atoms. The predicted molar refractivity (Wildman–Crippen MR) is 34.2 cm³/mol. The Morgan fingerprint density at radius 1 is 1.40 bits per heavy atom. The molecule has 0 atom stereocenters. The summed E-state index contributed by atoms with van der Waals surface area (Å²) in [5.74, 6) is 0. The van der Waals surface area contributed by atoms with Crippen LogP contribution in [0.15, 0.2) is 0 Å². The summed E-state index contributed by atoms with van der Waals surface area (Å²) in [7, 11) is -1.10. The number of halogens is 3. The van der Waals surface area contributed by atoms with Gasteiger partial charge in [-0.05, 0) is 12.5 Å². The van der Waals surface area contributed by atoms with Crippen LogP contribution in [0.2, 0.25) is 0 Å². The zero-order chi connectivity index (χ0) is 8.36. The van der Waals surface area contributed by atoms with Gasteiger partial charge in [-0.3, -0.25) is 0 Å². The molecule has 0 aromatic heterocycles. The first-order valence-electron chi connectivity index (χ1n) is 2.22. The van der Waals surface area contributed by atoms with Crippen molar-refractivity contribution in [2.45, 2.75) is 6.18 Å². The smallest absolute Gasteiger partial charge is 0.246 e. The molecule has 0 bridgehead atoms. The van der Waals surface area contributed by atoms with Gasteiger partial charge in [-0.25, -0.2) is 5.26 Å². The second-order valence-electron chi connectivity index (χ2n) is 1.69. The zero-order valence-corrected chi connectivity index (χ0v) is 6.21. The first-order valence-corrected chi connectivity index (χ1v) is 4.27. The van der Waals surface area contributed by atoms with E-state index >= 15 is 0 Å². The molecule has 0 aromatic rings. The van der Waals surface area contributed by atoms with Gasteiger partial charge in [-0.2, -0.15) is 28.5 Å². The van der Waals surface area contributed by atoms with Gasteiger partial charge < -0.3 is 0 Å². The number of rotatable bonds is 0. The molecule has 0 rings (SSSR count). The van der Waals surface area contributed by atoms with Crippen LogP contribution in [0.3, 0.4) is 0 Å². The lowest BCUT2D eigenvalue weighted by atomic mass is 10.7. The van der Waals surface area contributed by atoms with E-state index in [0.29, 0.717) is 0 Å². The van der Waals surface area contributed by atoms with Crippen LogP contribution in [0, 0.1) is 0 Å². The first-order chi connectivity index (χ1) is 4.39. The minimum Gasteiger partial charge on any atom is -0.246 e. The van der Waals surface area contributed by atoms with E-state index in [1.165, 1.54) is 12.5 Å². The summed E-state index contributed by atoms with van der Waals surface area (Å²) in [4.78, 5) is 3.18. The molecule has 0 unspecified atom stereocenters. The number of alkyl halides is 3. The SMILES string of the molecule is CS(C)=C(OO)C(F)(F)F. The average Bonchev–Trinajstić information content (AvgIpc) is 1.60. The molecule has 0 amide bonds. The van der Waals surface area contributed by atoms with Crippen LogP contribution in [0.1, 0.15) is 0 Å². The molecule has 62 valence electrons. The van der Waals surface area contributed by atoms with Gasteiger partial charge in [0.15, 0.2) is 0 Å². The van der Waals surface area contributed by atoms with Crippen molar-refractivity contribution >= 4 is 15.5 Å². The lowest BCUT2D eigenvalue weighted by Crippen LogP contribution is -2.24. The van der Waals surface area contributed by atoms with E-state index in [2.05, 4.69) is 4.89 Å². The van der Waals surface area contributed by atoms with Crippen LogP contribution in [-0.4, -0.2) is 29.0 Å². The first kappa shape index (κ1) is 9.93. The third-order valence-corrected chi connectivity index (χ3v) is 1.73. The van der Waals surface area contributed by atoms with E-state index in [1.807, 2.05) is 0 Å². The lowest BCUT2D eigenvalue weighted by Gasteiger charge is -2.08. The minimum atomic E-state index is -4.55. The predicted octanol–water partition coefficient (Wildman–Crippen LogP) is 1.70. The fourth-order valence-corrected chi connectivity index (χ4v) is 0.970. The van der Waals surface area contributed by atoms with Crippen LogP contribution in [-0.2, 0) is 4.89 Å². The highest BCUT2D eigenvalue weighted by Gasteiger charge is 2.36. The molecule has 2 nitrogen and oxygen atoms in total. The fraction of sp³-hybridized carbons (Fsp3) is 0.750. The normalized spacial score (nSPS) is 12.3. The Balaban J connectivity index is 4.55. The fourth-order valence-electron chi connectivity index (χ4n) is 0.358. The van der Waals surface area contributed by atoms with Gasteiger partial charge in [-0.1, -0.05) is 0 Å². The molecule has 6 heteroatoms. The van der Waals surface area contributed by atoms with Gasteiger partial charge in [0.1, 0.15) is 0 Å². The van der Waals surface area contributed by atoms with E-state index in [0.717, 1.165) is 0 Å². The van der Waals surface area contributed by atoms with Crippen molar-refractivity contribution in [1.29, 1.82) is 0 Å². The highest BCUT2D eigenvalue weighted by atomic mass is 32.2. The van der Waals surface area contributed by atoms with Gasteiger partial charge in [0.05, 0.1) is 0 Å². The summed E-state index contributed by atoms with van der Waals surface area (Å²) in [5.41, 5.74) is 0. The molecule has 1 N–H and O–H groups in total. The Labute approximate surface area is 58.5 Å². The van der Waals surface area contributed by atoms with Crippen molar-refractivity contribution in [2.24, 2.45) is 0 Å². The maximum Gasteiger partial charge on any atom is 0.446 e. The Morgan fingerprint density at radius 3 is 1.80 bits per heavy atom. The summed E-state index contributed by atoms with van der Waals surface area (Å²) in [6.07, 6.45) is -1.94. The summed E-state index contributed by atoms with van der Waals surface area (Å²) < 4.78 is 35.0. The van der Waals surface area contributed by atoms with E-state index < -0.39 is 21.7 Å². The van der Waals surface area contributed by atoms with Gasteiger partial charge in [0.2, 0.25) is 5.05 Å². The molecule has 10 heavy (non-hydrogen) atoms. The summed E-state index contributed by atoms with van der Waals surface area (Å²) in [6, 6.07) is 0. The lowest BCUT2D eigenvalue weighted by molar-refractivity contribution is -0.189. The third-order valence-electron chi connectivity index (χ3n) is 0.685. The average molecular weight is 176 g/mol. The Kier molecular flexibility index (Phi) is 3.34. The van der Waals surface area contributed by atoms with Gasteiger partial charge in [0.25, 0.3) is 0 Å². The molecule has 0 heterocycles. The second kappa shape index (κ2) is 3.36. The maximum absolute atomic E-state index is 11.7. The minimum absolute atomic E-state index is 1.10. The molecule has 0 aliphatic rings. The van der Waals surface area contributed by atoms with Crippen molar-refractivity contribution < 1.29 is 23.3 Å². The zero-order valence-electron chi connectivity index (χ0n) is 5.40. The third kappa shape index (κ3) is 2.68. The van der Waals surface area contributed by atoms with Crippen LogP contribution in [0.25, 0.3) is 0 Å². The molecule has 0 aromatic carbocycles.